The Morgan fingerprint density at radius 2 is 0.950 bits per heavy atom. The van der Waals surface area contributed by atoms with Crippen molar-refractivity contribution in [3.05, 3.63) is 97.2 Å². The molecule has 0 amide bonds. The van der Waals surface area contributed by atoms with Crippen molar-refractivity contribution in [2.75, 3.05) is 47.5 Å². The Morgan fingerprint density at radius 1 is 0.533 bits per heavy atom. The van der Waals surface area contributed by atoms with E-state index in [1.54, 1.807) is 0 Å². The number of esters is 2. The number of ether oxygens (including phenoxy) is 2. The molecule has 0 saturated heterocycles. The van der Waals surface area contributed by atoms with Crippen LogP contribution in [0.3, 0.4) is 0 Å². The summed E-state index contributed by atoms with van der Waals surface area (Å²) >= 11 is 0. The van der Waals surface area contributed by atoms with Crippen molar-refractivity contribution in [2.45, 2.75) is 161 Å². The minimum atomic E-state index is -4.65. The van der Waals surface area contributed by atoms with Crippen molar-refractivity contribution in [1.82, 2.24) is 0 Å². The van der Waals surface area contributed by atoms with Crippen LogP contribution in [0.15, 0.2) is 97.2 Å². The number of rotatable bonds is 40. The molecule has 10 heteroatoms. The molecule has 0 radical (unpaired) electrons. The van der Waals surface area contributed by atoms with E-state index in [-0.39, 0.29) is 26.1 Å². The first-order valence-corrected chi connectivity index (χ1v) is 24.4. The van der Waals surface area contributed by atoms with Crippen molar-refractivity contribution >= 4 is 19.8 Å². The average molecular weight is 858 g/mol. The van der Waals surface area contributed by atoms with E-state index in [2.05, 4.69) is 111 Å². The van der Waals surface area contributed by atoms with Crippen molar-refractivity contribution in [3.63, 3.8) is 0 Å². The first-order valence-electron chi connectivity index (χ1n) is 22.9. The second kappa shape index (κ2) is 41.3. The Hall–Kier alpha value is -3.07. The number of nitrogens with zero attached hydrogens (tertiary/aromatic N) is 1. The van der Waals surface area contributed by atoms with Crippen LogP contribution >= 0.6 is 7.82 Å². The Bertz CT molecular complexity index is 1340. The Kier molecular flexibility index (Phi) is 39.2. The molecular weight excluding hydrogens is 774 g/mol. The molecule has 0 spiro atoms. The fraction of sp³-hybridized carbons (Fsp3) is 0.640. The molecule has 1 unspecified atom stereocenters. The highest BCUT2D eigenvalue weighted by atomic mass is 31.2. The van der Waals surface area contributed by atoms with E-state index in [0.717, 1.165) is 89.9 Å². The topological polar surface area (TPSA) is 111 Å². The molecule has 0 aromatic rings. The van der Waals surface area contributed by atoms with Crippen LogP contribution in [0.5, 0.6) is 0 Å². The molecule has 0 aromatic heterocycles. The van der Waals surface area contributed by atoms with Gasteiger partial charge in [-0.1, -0.05) is 143 Å². The molecular formula is C50H84NO8P. The predicted molar refractivity (Wildman–Crippen MR) is 249 cm³/mol. The monoisotopic (exact) mass is 858 g/mol. The number of hydrogen-bond donors (Lipinski definition) is 0. The summed E-state index contributed by atoms with van der Waals surface area (Å²) in [6.07, 6.45) is 54.3. The second-order valence-electron chi connectivity index (χ2n) is 16.0. The van der Waals surface area contributed by atoms with Crippen LogP contribution in [0.4, 0.5) is 0 Å². The molecule has 0 aliphatic heterocycles. The third-order valence-corrected chi connectivity index (χ3v) is 10.1. The van der Waals surface area contributed by atoms with Gasteiger partial charge in [0.15, 0.2) is 6.10 Å². The zero-order valence-corrected chi connectivity index (χ0v) is 39.3. The predicted octanol–water partition coefficient (Wildman–Crippen LogP) is 12.7. The smallest absolute Gasteiger partial charge is 0.306 e. The number of allylic oxidation sites excluding steroid dienone is 16. The molecule has 0 bridgehead atoms. The molecule has 60 heavy (non-hydrogen) atoms. The largest absolute Gasteiger partial charge is 0.756 e. The molecule has 0 aromatic carbocycles. The normalized spacial score (nSPS) is 14.4. The lowest BCUT2D eigenvalue weighted by molar-refractivity contribution is -0.870. The van der Waals surface area contributed by atoms with Crippen molar-refractivity contribution in [2.24, 2.45) is 0 Å². The Morgan fingerprint density at radius 3 is 1.42 bits per heavy atom. The van der Waals surface area contributed by atoms with Gasteiger partial charge in [0.1, 0.15) is 19.8 Å². The van der Waals surface area contributed by atoms with Crippen LogP contribution < -0.4 is 4.89 Å². The third kappa shape index (κ3) is 44.5. The second-order valence-corrected chi connectivity index (χ2v) is 17.4. The van der Waals surface area contributed by atoms with Gasteiger partial charge in [0.25, 0.3) is 7.82 Å². The van der Waals surface area contributed by atoms with E-state index in [9.17, 15) is 19.0 Å². The van der Waals surface area contributed by atoms with Gasteiger partial charge in [-0.05, 0) is 96.3 Å². The summed E-state index contributed by atoms with van der Waals surface area (Å²) in [7, 11) is 1.11. The lowest BCUT2D eigenvalue weighted by atomic mass is 10.1. The van der Waals surface area contributed by atoms with Crippen LogP contribution in [-0.2, 0) is 32.7 Å². The number of likely N-dealkylation sites (N-methyl/N-ethyl adjacent to an activating group) is 1. The maximum absolute atomic E-state index is 12.7. The number of carbonyl (C=O) groups is 2. The van der Waals surface area contributed by atoms with Crippen LogP contribution in [-0.4, -0.2) is 70.0 Å². The van der Waals surface area contributed by atoms with Gasteiger partial charge in [0.2, 0.25) is 0 Å². The molecule has 0 N–H and O–H groups in total. The minimum absolute atomic E-state index is 0.0474. The molecule has 0 aliphatic carbocycles. The lowest BCUT2D eigenvalue weighted by Crippen LogP contribution is -2.37. The zero-order valence-electron chi connectivity index (χ0n) is 38.4. The van der Waals surface area contributed by atoms with Gasteiger partial charge in [0.05, 0.1) is 27.7 Å². The van der Waals surface area contributed by atoms with Gasteiger partial charge >= 0.3 is 11.9 Å². The standard InChI is InChI=1S/C50H84NO8P/c1-6-8-10-12-14-16-18-20-22-24-25-27-29-31-33-35-37-39-41-43-50(53)59-48(47-58-60(54,55)57-45-44-51(3,4)5)46-56-49(52)42-40-38-36-34-32-30-28-26-23-21-19-17-15-13-11-9-7-2/h9,11,14-17,20-23,25,27-28,30-31,33,48H,6-8,10,12-13,18-19,24,26,29,32,34-47H2,1-5H3/b11-9-,16-14-,17-15-,22-20-,23-21-,27-25-,30-28-,33-31-/t48-/m1/s1. The number of phosphoric ester groups is 1. The van der Waals surface area contributed by atoms with Gasteiger partial charge in [0, 0.05) is 12.8 Å². The maximum Gasteiger partial charge on any atom is 0.306 e. The lowest BCUT2D eigenvalue weighted by Gasteiger charge is -2.28. The molecule has 0 saturated carbocycles. The highest BCUT2D eigenvalue weighted by Crippen LogP contribution is 2.38. The van der Waals surface area contributed by atoms with Gasteiger partial charge < -0.3 is 27.9 Å². The summed E-state index contributed by atoms with van der Waals surface area (Å²) in [4.78, 5) is 37.6. The van der Waals surface area contributed by atoms with Crippen molar-refractivity contribution in [1.29, 1.82) is 0 Å². The van der Waals surface area contributed by atoms with Crippen LogP contribution in [0, 0.1) is 0 Å². The summed E-state index contributed by atoms with van der Waals surface area (Å²) < 4.78 is 33.9. The highest BCUT2D eigenvalue weighted by Gasteiger charge is 2.21. The Labute approximate surface area is 366 Å². The van der Waals surface area contributed by atoms with E-state index in [1.807, 2.05) is 21.1 Å². The molecule has 0 fully saturated rings. The maximum atomic E-state index is 12.7. The summed E-state index contributed by atoms with van der Waals surface area (Å²) in [5.74, 6) is -0.909. The third-order valence-electron chi connectivity index (χ3n) is 9.09. The molecule has 342 valence electrons. The van der Waals surface area contributed by atoms with E-state index in [4.69, 9.17) is 18.5 Å². The average Bonchev–Trinajstić information content (AvgIpc) is 3.20. The number of quaternary nitrogens is 1. The minimum Gasteiger partial charge on any atom is -0.756 e. The summed E-state index contributed by atoms with van der Waals surface area (Å²) in [5, 5.41) is 0. The van der Waals surface area contributed by atoms with Crippen LogP contribution in [0.2, 0.25) is 0 Å². The fourth-order valence-corrected chi connectivity index (χ4v) is 6.24. The number of hydrogen-bond acceptors (Lipinski definition) is 8. The quantitative estimate of drug-likeness (QED) is 0.0197. The first kappa shape index (κ1) is 56.9. The number of carbonyl (C=O) groups excluding carboxylic acids is 2. The van der Waals surface area contributed by atoms with E-state index in [0.29, 0.717) is 23.9 Å². The van der Waals surface area contributed by atoms with Gasteiger partial charge in [-0.3, -0.25) is 14.2 Å². The SMILES string of the molecule is CC/C=C\C/C=C\C/C=C\C/C=C\CCCCCCC(=O)OC[C@H](COP(=O)([O-])OCC[N+](C)(C)C)OC(=O)CCCCC/C=C\C/C=C\C/C=C\C/C=C\CCCCC. The zero-order chi connectivity index (χ0) is 44.3. The fourth-order valence-electron chi connectivity index (χ4n) is 5.51. The number of unbranched alkanes of at least 4 members (excludes halogenated alkanes) is 10. The molecule has 0 heterocycles. The van der Waals surface area contributed by atoms with Gasteiger partial charge in [-0.2, -0.15) is 0 Å². The molecule has 9 nitrogen and oxygen atoms in total. The van der Waals surface area contributed by atoms with E-state index < -0.39 is 32.5 Å². The van der Waals surface area contributed by atoms with E-state index >= 15 is 0 Å². The number of phosphoric acid groups is 1. The molecule has 0 aliphatic rings. The van der Waals surface area contributed by atoms with Crippen LogP contribution in [0.1, 0.15) is 155 Å². The molecule has 2 atom stereocenters. The van der Waals surface area contributed by atoms with Gasteiger partial charge in [-0.15, -0.1) is 0 Å². The molecule has 0 rings (SSSR count). The summed E-state index contributed by atoms with van der Waals surface area (Å²) in [6, 6.07) is 0. The van der Waals surface area contributed by atoms with Gasteiger partial charge in [-0.25, -0.2) is 0 Å². The highest BCUT2D eigenvalue weighted by molar-refractivity contribution is 7.45. The van der Waals surface area contributed by atoms with Crippen molar-refractivity contribution in [3.8, 4) is 0 Å². The van der Waals surface area contributed by atoms with Crippen molar-refractivity contribution < 1.29 is 42.1 Å². The first-order chi connectivity index (χ1) is 29.0. The van der Waals surface area contributed by atoms with E-state index in [1.165, 1.54) is 25.7 Å². The Balaban J connectivity index is 4.47. The van der Waals surface area contributed by atoms with Crippen LogP contribution in [0.25, 0.3) is 0 Å². The summed E-state index contributed by atoms with van der Waals surface area (Å²) in [6.45, 7) is 3.99. The summed E-state index contributed by atoms with van der Waals surface area (Å²) in [5.41, 5.74) is 0.